The molecule has 0 amide bonds. The Morgan fingerprint density at radius 3 is 2.71 bits per heavy atom. The van der Waals surface area contributed by atoms with Crippen LogP contribution >= 0.6 is 0 Å². The molecule has 3 N–H and O–H groups in total. The summed E-state index contributed by atoms with van der Waals surface area (Å²) in [6.45, 7) is 2.35. The van der Waals surface area contributed by atoms with Gasteiger partial charge in [0.2, 0.25) is 0 Å². The van der Waals surface area contributed by atoms with E-state index in [1.807, 2.05) is 12.1 Å². The van der Waals surface area contributed by atoms with Crippen LogP contribution in [0.15, 0.2) is 18.2 Å². The Labute approximate surface area is 102 Å². The summed E-state index contributed by atoms with van der Waals surface area (Å²) in [5.41, 5.74) is 7.60. The van der Waals surface area contributed by atoms with Crippen LogP contribution in [-0.4, -0.2) is 12.6 Å². The van der Waals surface area contributed by atoms with Gasteiger partial charge in [-0.2, -0.15) is 0 Å². The molecule has 0 aliphatic heterocycles. The maximum absolute atomic E-state index is 13.2. The Bertz CT molecular complexity index is 372. The lowest BCUT2D eigenvalue weighted by Gasteiger charge is -2.22. The standard InChI is InChI=1S/C14H21FN2/c1-10-8-11(6-7-13(10)15)14(9-16)17-12-4-2-3-5-12/h6-8,12,14,17H,2-5,9,16H2,1H3. The van der Waals surface area contributed by atoms with E-state index < -0.39 is 0 Å². The molecule has 3 heteroatoms. The smallest absolute Gasteiger partial charge is 0.126 e. The summed E-state index contributed by atoms with van der Waals surface area (Å²) >= 11 is 0. The van der Waals surface area contributed by atoms with Gasteiger partial charge in [-0.05, 0) is 37.0 Å². The number of aryl methyl sites for hydroxylation is 1. The maximum Gasteiger partial charge on any atom is 0.126 e. The molecule has 1 unspecified atom stereocenters. The second-order valence-corrected chi connectivity index (χ2v) is 4.94. The van der Waals surface area contributed by atoms with Crippen LogP contribution in [0.25, 0.3) is 0 Å². The molecule has 0 radical (unpaired) electrons. The predicted octanol–water partition coefficient (Wildman–Crippen LogP) is 2.67. The highest BCUT2D eigenvalue weighted by Gasteiger charge is 2.19. The van der Waals surface area contributed by atoms with E-state index in [0.717, 1.165) is 5.56 Å². The molecule has 1 aliphatic rings. The summed E-state index contributed by atoms with van der Waals surface area (Å²) in [7, 11) is 0. The van der Waals surface area contributed by atoms with Crippen molar-refractivity contribution in [2.45, 2.75) is 44.7 Å². The molecule has 0 aromatic heterocycles. The number of halogens is 1. The van der Waals surface area contributed by atoms with Crippen LogP contribution in [0.4, 0.5) is 4.39 Å². The Hall–Kier alpha value is -0.930. The van der Waals surface area contributed by atoms with Crippen LogP contribution in [0.1, 0.15) is 42.9 Å². The molecule has 1 aromatic carbocycles. The molecule has 94 valence electrons. The SMILES string of the molecule is Cc1cc(C(CN)NC2CCCC2)ccc1F. The van der Waals surface area contributed by atoms with E-state index in [1.54, 1.807) is 6.92 Å². The zero-order chi connectivity index (χ0) is 12.3. The molecular formula is C14H21FN2. The first-order chi connectivity index (χ1) is 8.20. The van der Waals surface area contributed by atoms with Gasteiger partial charge in [-0.3, -0.25) is 0 Å². The second kappa shape index (κ2) is 5.61. The monoisotopic (exact) mass is 236 g/mol. The average Bonchev–Trinajstić information content (AvgIpc) is 2.82. The molecule has 0 bridgehead atoms. The van der Waals surface area contributed by atoms with E-state index in [4.69, 9.17) is 5.73 Å². The van der Waals surface area contributed by atoms with Crippen molar-refractivity contribution in [1.82, 2.24) is 5.32 Å². The van der Waals surface area contributed by atoms with Crippen LogP contribution in [0, 0.1) is 12.7 Å². The molecule has 1 fully saturated rings. The molecule has 2 rings (SSSR count). The highest BCUT2D eigenvalue weighted by atomic mass is 19.1. The maximum atomic E-state index is 13.2. The second-order valence-electron chi connectivity index (χ2n) is 4.94. The van der Waals surface area contributed by atoms with Gasteiger partial charge < -0.3 is 11.1 Å². The minimum Gasteiger partial charge on any atom is -0.329 e. The summed E-state index contributed by atoms with van der Waals surface area (Å²) < 4.78 is 13.2. The van der Waals surface area contributed by atoms with Gasteiger partial charge in [-0.25, -0.2) is 4.39 Å². The normalized spacial score (nSPS) is 18.5. The zero-order valence-corrected chi connectivity index (χ0v) is 10.4. The van der Waals surface area contributed by atoms with Crippen LogP contribution in [-0.2, 0) is 0 Å². The predicted molar refractivity (Wildman–Crippen MR) is 68.3 cm³/mol. The first kappa shape index (κ1) is 12.5. The molecule has 0 spiro atoms. The third-order valence-corrected chi connectivity index (χ3v) is 3.61. The number of nitrogens with one attached hydrogen (secondary N) is 1. The Morgan fingerprint density at radius 1 is 1.41 bits per heavy atom. The summed E-state index contributed by atoms with van der Waals surface area (Å²) in [6.07, 6.45) is 5.07. The van der Waals surface area contributed by atoms with Crippen LogP contribution in [0.5, 0.6) is 0 Å². The number of benzene rings is 1. The van der Waals surface area contributed by atoms with Crippen molar-refractivity contribution in [2.75, 3.05) is 6.54 Å². The highest BCUT2D eigenvalue weighted by Crippen LogP contribution is 2.22. The fourth-order valence-corrected chi connectivity index (χ4v) is 2.56. The zero-order valence-electron chi connectivity index (χ0n) is 10.4. The summed E-state index contributed by atoms with van der Waals surface area (Å²) in [5, 5.41) is 3.58. The number of hydrogen-bond donors (Lipinski definition) is 2. The van der Waals surface area contributed by atoms with Crippen molar-refractivity contribution >= 4 is 0 Å². The molecule has 1 atom stereocenters. The largest absolute Gasteiger partial charge is 0.329 e. The van der Waals surface area contributed by atoms with Crippen molar-refractivity contribution in [1.29, 1.82) is 0 Å². The van der Waals surface area contributed by atoms with Crippen molar-refractivity contribution in [3.63, 3.8) is 0 Å². The van der Waals surface area contributed by atoms with Crippen LogP contribution < -0.4 is 11.1 Å². The highest BCUT2D eigenvalue weighted by molar-refractivity contribution is 5.26. The van der Waals surface area contributed by atoms with Gasteiger partial charge in [-0.1, -0.05) is 25.0 Å². The van der Waals surface area contributed by atoms with Gasteiger partial charge in [0, 0.05) is 18.6 Å². The first-order valence-corrected chi connectivity index (χ1v) is 6.43. The van der Waals surface area contributed by atoms with Gasteiger partial charge in [0.15, 0.2) is 0 Å². The van der Waals surface area contributed by atoms with E-state index in [0.29, 0.717) is 18.2 Å². The molecule has 2 nitrogen and oxygen atoms in total. The van der Waals surface area contributed by atoms with E-state index >= 15 is 0 Å². The van der Waals surface area contributed by atoms with Gasteiger partial charge in [-0.15, -0.1) is 0 Å². The van der Waals surface area contributed by atoms with Gasteiger partial charge in [0.1, 0.15) is 5.82 Å². The van der Waals surface area contributed by atoms with Crippen LogP contribution in [0.3, 0.4) is 0 Å². The quantitative estimate of drug-likeness (QED) is 0.843. The fourth-order valence-electron chi connectivity index (χ4n) is 2.56. The molecular weight excluding hydrogens is 215 g/mol. The minimum absolute atomic E-state index is 0.148. The summed E-state index contributed by atoms with van der Waals surface area (Å²) in [6, 6.07) is 5.99. The Morgan fingerprint density at radius 2 is 2.12 bits per heavy atom. The van der Waals surface area contributed by atoms with E-state index in [9.17, 15) is 4.39 Å². The summed E-state index contributed by atoms with van der Waals surface area (Å²) in [5.74, 6) is -0.148. The molecule has 1 aromatic rings. The van der Waals surface area contributed by atoms with Gasteiger partial charge in [0.25, 0.3) is 0 Å². The molecule has 0 heterocycles. The van der Waals surface area contributed by atoms with Crippen LogP contribution in [0.2, 0.25) is 0 Å². The molecule has 17 heavy (non-hydrogen) atoms. The lowest BCUT2D eigenvalue weighted by molar-refractivity contribution is 0.444. The lowest BCUT2D eigenvalue weighted by atomic mass is 10.0. The van der Waals surface area contributed by atoms with Crippen molar-refractivity contribution in [2.24, 2.45) is 5.73 Å². The Balaban J connectivity index is 2.08. The molecule has 1 saturated carbocycles. The number of rotatable bonds is 4. The van der Waals surface area contributed by atoms with Crippen molar-refractivity contribution < 1.29 is 4.39 Å². The fraction of sp³-hybridized carbons (Fsp3) is 0.571. The third-order valence-electron chi connectivity index (χ3n) is 3.61. The molecule has 1 aliphatic carbocycles. The average molecular weight is 236 g/mol. The van der Waals surface area contributed by atoms with E-state index in [1.165, 1.54) is 31.7 Å². The summed E-state index contributed by atoms with van der Waals surface area (Å²) in [4.78, 5) is 0. The topological polar surface area (TPSA) is 38.0 Å². The minimum atomic E-state index is -0.148. The Kier molecular flexibility index (Phi) is 4.13. The van der Waals surface area contributed by atoms with Gasteiger partial charge >= 0.3 is 0 Å². The van der Waals surface area contributed by atoms with Crippen molar-refractivity contribution in [3.8, 4) is 0 Å². The number of hydrogen-bond acceptors (Lipinski definition) is 2. The number of nitrogens with two attached hydrogens (primary N) is 1. The molecule has 0 saturated heterocycles. The van der Waals surface area contributed by atoms with E-state index in [2.05, 4.69) is 5.32 Å². The lowest BCUT2D eigenvalue weighted by Crippen LogP contribution is -2.35. The van der Waals surface area contributed by atoms with E-state index in [-0.39, 0.29) is 11.9 Å². The van der Waals surface area contributed by atoms with Crippen molar-refractivity contribution in [3.05, 3.63) is 35.1 Å². The first-order valence-electron chi connectivity index (χ1n) is 6.43. The third kappa shape index (κ3) is 3.05. The van der Waals surface area contributed by atoms with Gasteiger partial charge in [0.05, 0.1) is 0 Å².